The number of aryl methyl sites for hydroxylation is 1. The van der Waals surface area contributed by atoms with Gasteiger partial charge in [0.15, 0.2) is 0 Å². The minimum Gasteiger partial charge on any atom is -0.481 e. The molecule has 0 saturated heterocycles. The van der Waals surface area contributed by atoms with Gasteiger partial charge in [0.05, 0.1) is 11.0 Å². The summed E-state index contributed by atoms with van der Waals surface area (Å²) in [7, 11) is 0. The van der Waals surface area contributed by atoms with E-state index in [0.29, 0.717) is 29.7 Å². The van der Waals surface area contributed by atoms with Crippen molar-refractivity contribution in [2.75, 3.05) is 0 Å². The molecule has 7 N–H and O–H groups in total. The van der Waals surface area contributed by atoms with E-state index in [1.54, 1.807) is 36.4 Å². The van der Waals surface area contributed by atoms with Crippen molar-refractivity contribution in [1.29, 1.82) is 5.41 Å². The number of nitrogens with one attached hydrogen (secondary N) is 4. The largest absolute Gasteiger partial charge is 0.481 e. The molecule has 43 heavy (non-hydrogen) atoms. The summed E-state index contributed by atoms with van der Waals surface area (Å²) in [5.74, 6) is -1.83. The Hall–Kier alpha value is -4.75. The van der Waals surface area contributed by atoms with Crippen LogP contribution in [-0.4, -0.2) is 45.7 Å². The van der Waals surface area contributed by atoms with Crippen LogP contribution in [0.1, 0.15) is 41.5 Å². The molecule has 0 aromatic heterocycles. The van der Waals surface area contributed by atoms with Gasteiger partial charge in [0.2, 0.25) is 11.8 Å². The molecule has 226 valence electrons. The lowest BCUT2D eigenvalue weighted by atomic mass is 10.0. The van der Waals surface area contributed by atoms with E-state index in [1.807, 2.05) is 30.3 Å². The summed E-state index contributed by atoms with van der Waals surface area (Å²) in [5.41, 5.74) is 8.44. The van der Waals surface area contributed by atoms with E-state index >= 15 is 0 Å². The smallest absolute Gasteiger partial charge is 0.303 e. The first-order valence-electron chi connectivity index (χ1n) is 13.5. The highest BCUT2D eigenvalue weighted by Gasteiger charge is 2.26. The summed E-state index contributed by atoms with van der Waals surface area (Å²) in [6, 6.07) is 20.7. The fourth-order valence-electron chi connectivity index (χ4n) is 4.11. The quantitative estimate of drug-likeness (QED) is 0.0438. The zero-order valence-electron chi connectivity index (χ0n) is 23.3. The first kappa shape index (κ1) is 32.8. The number of hydrogen-bond donors (Lipinski definition) is 6. The van der Waals surface area contributed by atoms with Crippen molar-refractivity contribution < 1.29 is 24.4 Å². The van der Waals surface area contributed by atoms with Crippen LogP contribution in [0.5, 0.6) is 0 Å². The lowest BCUT2D eigenvalue weighted by Gasteiger charge is -2.23. The number of nitro benzene ring substituents is 1. The van der Waals surface area contributed by atoms with Crippen LogP contribution in [0, 0.1) is 15.5 Å². The second kappa shape index (κ2) is 16.6. The number of nitrogens with two attached hydrogens (primary N) is 1. The number of hydrogen-bond acceptors (Lipinski definition) is 8. The third-order valence-electron chi connectivity index (χ3n) is 6.48. The molecule has 0 spiro atoms. The summed E-state index contributed by atoms with van der Waals surface area (Å²) in [6.45, 7) is 0.130. The van der Waals surface area contributed by atoms with Crippen LogP contribution >= 0.6 is 11.9 Å². The third-order valence-corrected chi connectivity index (χ3v) is 7.41. The molecule has 0 fully saturated rings. The van der Waals surface area contributed by atoms with Gasteiger partial charge in [-0.2, -0.15) is 0 Å². The van der Waals surface area contributed by atoms with Crippen molar-refractivity contribution in [3.8, 4) is 0 Å². The first-order valence-corrected chi connectivity index (χ1v) is 14.5. The summed E-state index contributed by atoms with van der Waals surface area (Å²) in [6.07, 6.45) is 0.511. The number of carboxylic acid groups (broad SMARTS) is 1. The van der Waals surface area contributed by atoms with Crippen molar-refractivity contribution in [2.45, 2.75) is 50.1 Å². The Morgan fingerprint density at radius 3 is 2.26 bits per heavy atom. The molecule has 0 aliphatic heterocycles. The van der Waals surface area contributed by atoms with Gasteiger partial charge < -0.3 is 21.5 Å². The third kappa shape index (κ3) is 11.2. The number of benzene rings is 3. The molecule has 12 nitrogen and oxygen atoms in total. The van der Waals surface area contributed by atoms with E-state index in [2.05, 4.69) is 15.4 Å². The Morgan fingerprint density at radius 1 is 0.907 bits per heavy atom. The maximum Gasteiger partial charge on any atom is 0.303 e. The molecule has 2 atom stereocenters. The van der Waals surface area contributed by atoms with Gasteiger partial charge in [-0.1, -0.05) is 78.7 Å². The van der Waals surface area contributed by atoms with E-state index in [0.717, 1.165) is 11.1 Å². The Labute approximate surface area is 253 Å². The Kier molecular flexibility index (Phi) is 12.7. The van der Waals surface area contributed by atoms with Gasteiger partial charge in [-0.15, -0.1) is 0 Å². The average molecular weight is 607 g/mol. The summed E-state index contributed by atoms with van der Waals surface area (Å²) in [5, 5.41) is 33.3. The van der Waals surface area contributed by atoms with E-state index in [4.69, 9.17) is 11.1 Å². The molecule has 0 heterocycles. The van der Waals surface area contributed by atoms with Crippen molar-refractivity contribution in [3.05, 3.63) is 111 Å². The molecule has 0 radical (unpaired) electrons. The predicted octanol–water partition coefficient (Wildman–Crippen LogP) is 3.28. The molecule has 0 bridgehead atoms. The van der Waals surface area contributed by atoms with Gasteiger partial charge in [-0.05, 0) is 36.0 Å². The number of nitro groups is 1. The van der Waals surface area contributed by atoms with Crippen LogP contribution in [0.4, 0.5) is 5.69 Å². The predicted molar refractivity (Wildman–Crippen MR) is 164 cm³/mol. The van der Waals surface area contributed by atoms with Gasteiger partial charge in [0.1, 0.15) is 11.9 Å². The Bertz CT molecular complexity index is 1420. The van der Waals surface area contributed by atoms with Crippen molar-refractivity contribution >= 4 is 41.3 Å². The van der Waals surface area contributed by atoms with Gasteiger partial charge in [-0.25, -0.2) is 0 Å². The molecular weight excluding hydrogens is 572 g/mol. The first-order chi connectivity index (χ1) is 20.6. The lowest BCUT2D eigenvalue weighted by molar-refractivity contribution is -0.384. The Morgan fingerprint density at radius 2 is 1.60 bits per heavy atom. The minimum atomic E-state index is -1.10. The number of carbonyl (C=O) groups excluding carboxylic acids is 2. The van der Waals surface area contributed by atoms with Gasteiger partial charge in [0, 0.05) is 36.4 Å². The molecule has 3 aromatic rings. The van der Waals surface area contributed by atoms with Crippen LogP contribution in [0.25, 0.3) is 0 Å². The second-order valence-electron chi connectivity index (χ2n) is 9.73. The van der Waals surface area contributed by atoms with Crippen LogP contribution in [0.15, 0.2) is 78.9 Å². The maximum atomic E-state index is 13.4. The van der Waals surface area contributed by atoms with E-state index in [1.165, 1.54) is 24.1 Å². The van der Waals surface area contributed by atoms with Crippen LogP contribution in [0.2, 0.25) is 0 Å². The fourth-order valence-corrected chi connectivity index (χ4v) is 4.96. The van der Waals surface area contributed by atoms with Crippen LogP contribution in [-0.2, 0) is 33.1 Å². The molecule has 0 saturated carbocycles. The molecule has 2 unspecified atom stereocenters. The van der Waals surface area contributed by atoms with Gasteiger partial charge in [0.25, 0.3) is 5.69 Å². The number of aliphatic carboxylic acids is 1. The number of amidine groups is 1. The van der Waals surface area contributed by atoms with Crippen LogP contribution < -0.4 is 21.1 Å². The number of carboxylic acids is 1. The molecular formula is C30H34N6O6S. The highest BCUT2D eigenvalue weighted by Crippen LogP contribution is 2.18. The van der Waals surface area contributed by atoms with E-state index in [9.17, 15) is 29.6 Å². The zero-order valence-corrected chi connectivity index (χ0v) is 24.1. The highest BCUT2D eigenvalue weighted by atomic mass is 32.2. The zero-order chi connectivity index (χ0) is 31.2. The standard InChI is InChI=1S/C30H34N6O6S/c31-28(32)23-12-9-21(10-13-23)18-33-29(39)25(15-16-27(37)38)34-30(40)26(14-11-20-5-2-1-3-6-20)35-43-19-22-7-4-8-24(17-22)36(41)42/h1-10,12-13,17,25-26,35H,11,14-16,18-19H2,(H3,31,32)(H,33,39)(H,34,40)(H,37,38). The Balaban J connectivity index is 1.68. The molecule has 3 rings (SSSR count). The summed E-state index contributed by atoms with van der Waals surface area (Å²) < 4.78 is 3.13. The molecule has 3 aromatic carbocycles. The number of non-ortho nitro benzene ring substituents is 1. The lowest BCUT2D eigenvalue weighted by Crippen LogP contribution is -2.52. The summed E-state index contributed by atoms with van der Waals surface area (Å²) in [4.78, 5) is 48.4. The topological polar surface area (TPSA) is 201 Å². The summed E-state index contributed by atoms with van der Waals surface area (Å²) >= 11 is 1.21. The number of amides is 2. The van der Waals surface area contributed by atoms with E-state index in [-0.39, 0.29) is 30.9 Å². The monoisotopic (exact) mass is 606 g/mol. The number of rotatable bonds is 17. The van der Waals surface area contributed by atoms with Crippen molar-refractivity contribution in [2.24, 2.45) is 5.73 Å². The van der Waals surface area contributed by atoms with E-state index < -0.39 is 34.8 Å². The van der Waals surface area contributed by atoms with Gasteiger partial charge >= 0.3 is 5.97 Å². The second-order valence-corrected chi connectivity index (χ2v) is 10.5. The maximum absolute atomic E-state index is 13.4. The number of nitrogen functional groups attached to an aromatic ring is 1. The molecule has 13 heteroatoms. The van der Waals surface area contributed by atoms with Crippen molar-refractivity contribution in [1.82, 2.24) is 15.4 Å². The minimum absolute atomic E-state index is 0.0291. The molecule has 2 amide bonds. The number of carbonyl (C=O) groups is 3. The number of nitrogens with zero attached hydrogens (tertiary/aromatic N) is 1. The van der Waals surface area contributed by atoms with Gasteiger partial charge in [-0.3, -0.25) is 34.6 Å². The highest BCUT2D eigenvalue weighted by molar-refractivity contribution is 7.96. The SMILES string of the molecule is N=C(N)c1ccc(CNC(=O)C(CCC(=O)O)NC(=O)C(CCc2ccccc2)NSCc2cccc([N+](=O)[O-])c2)cc1. The normalized spacial score (nSPS) is 12.1. The molecule has 0 aliphatic carbocycles. The fraction of sp³-hybridized carbons (Fsp3) is 0.267. The average Bonchev–Trinajstić information content (AvgIpc) is 3.00. The van der Waals surface area contributed by atoms with Crippen LogP contribution in [0.3, 0.4) is 0 Å². The van der Waals surface area contributed by atoms with Crippen molar-refractivity contribution in [3.63, 3.8) is 0 Å². The molecule has 0 aliphatic rings.